The fourth-order valence-electron chi connectivity index (χ4n) is 2.53. The highest BCUT2D eigenvalue weighted by Crippen LogP contribution is 2.18. The lowest BCUT2D eigenvalue weighted by atomic mass is 10.1. The lowest BCUT2D eigenvalue weighted by molar-refractivity contribution is -0.152. The summed E-state index contributed by atoms with van der Waals surface area (Å²) in [5, 5.41) is 0.714. The lowest BCUT2D eigenvalue weighted by Crippen LogP contribution is -2.57. The number of ether oxygens (including phenoxy) is 2. The van der Waals surface area contributed by atoms with Crippen LogP contribution in [0.1, 0.15) is 12.5 Å². The minimum Gasteiger partial charge on any atom is -0.481 e. The standard InChI is InChI=1S/C19H20ClNO3/c1-14(24-17-5-3-2-4-6-17)19(22)21-11-18(12-21)23-13-15-7-9-16(20)10-8-15/h2-10,14,18H,11-13H2,1H3. The molecule has 2 aromatic rings. The molecule has 1 amide bonds. The van der Waals surface area contributed by atoms with Gasteiger partial charge in [0.1, 0.15) is 5.75 Å². The fourth-order valence-corrected chi connectivity index (χ4v) is 2.65. The zero-order chi connectivity index (χ0) is 16.9. The van der Waals surface area contributed by atoms with Crippen LogP contribution in [0.2, 0.25) is 5.02 Å². The largest absolute Gasteiger partial charge is 0.481 e. The number of hydrogen-bond donors (Lipinski definition) is 0. The van der Waals surface area contributed by atoms with Crippen molar-refractivity contribution in [2.24, 2.45) is 0 Å². The zero-order valence-corrected chi connectivity index (χ0v) is 14.3. The van der Waals surface area contributed by atoms with E-state index in [0.29, 0.717) is 30.5 Å². The molecular weight excluding hydrogens is 326 g/mol. The van der Waals surface area contributed by atoms with E-state index in [0.717, 1.165) is 5.56 Å². The molecule has 3 rings (SSSR count). The van der Waals surface area contributed by atoms with Gasteiger partial charge in [0.2, 0.25) is 0 Å². The van der Waals surface area contributed by atoms with Gasteiger partial charge in [-0.25, -0.2) is 0 Å². The van der Waals surface area contributed by atoms with Crippen molar-refractivity contribution in [3.05, 3.63) is 65.2 Å². The van der Waals surface area contributed by atoms with Gasteiger partial charge in [-0.05, 0) is 36.8 Å². The van der Waals surface area contributed by atoms with Gasteiger partial charge in [-0.15, -0.1) is 0 Å². The highest BCUT2D eigenvalue weighted by atomic mass is 35.5. The second-order valence-corrected chi connectivity index (χ2v) is 6.31. The molecule has 0 saturated carbocycles. The Morgan fingerprint density at radius 1 is 1.17 bits per heavy atom. The van der Waals surface area contributed by atoms with E-state index in [2.05, 4.69) is 0 Å². The number of rotatable bonds is 6. The molecule has 2 aromatic carbocycles. The van der Waals surface area contributed by atoms with Crippen molar-refractivity contribution in [2.45, 2.75) is 25.7 Å². The Bertz CT molecular complexity index is 669. The molecule has 0 aliphatic carbocycles. The van der Waals surface area contributed by atoms with Gasteiger partial charge in [0.05, 0.1) is 12.7 Å². The molecule has 1 aliphatic heterocycles. The summed E-state index contributed by atoms with van der Waals surface area (Å²) >= 11 is 5.86. The molecule has 0 bridgehead atoms. The van der Waals surface area contributed by atoms with Crippen LogP contribution in [0, 0.1) is 0 Å². The van der Waals surface area contributed by atoms with E-state index in [1.165, 1.54) is 0 Å². The van der Waals surface area contributed by atoms with Gasteiger partial charge in [-0.2, -0.15) is 0 Å². The molecule has 0 spiro atoms. The van der Waals surface area contributed by atoms with Gasteiger partial charge in [-0.3, -0.25) is 4.79 Å². The summed E-state index contributed by atoms with van der Waals surface area (Å²) in [6, 6.07) is 17.0. The molecule has 1 saturated heterocycles. The first-order valence-corrected chi connectivity index (χ1v) is 8.36. The molecule has 1 heterocycles. The van der Waals surface area contributed by atoms with Crippen LogP contribution in [-0.2, 0) is 16.1 Å². The summed E-state index contributed by atoms with van der Waals surface area (Å²) in [6.07, 6.45) is -0.418. The Balaban J connectivity index is 1.40. The van der Waals surface area contributed by atoms with Crippen LogP contribution in [0.4, 0.5) is 0 Å². The molecule has 5 heteroatoms. The van der Waals surface area contributed by atoms with E-state index in [9.17, 15) is 4.79 Å². The minimum absolute atomic E-state index is 0.00908. The van der Waals surface area contributed by atoms with Crippen LogP contribution in [0.15, 0.2) is 54.6 Å². The summed E-state index contributed by atoms with van der Waals surface area (Å²) in [7, 11) is 0. The number of para-hydroxylation sites is 1. The van der Waals surface area contributed by atoms with Crippen molar-refractivity contribution in [3.8, 4) is 5.75 Å². The maximum absolute atomic E-state index is 12.3. The second kappa shape index (κ2) is 7.69. The topological polar surface area (TPSA) is 38.8 Å². The summed E-state index contributed by atoms with van der Waals surface area (Å²) < 4.78 is 11.5. The number of carbonyl (C=O) groups is 1. The van der Waals surface area contributed by atoms with E-state index < -0.39 is 6.10 Å². The molecule has 24 heavy (non-hydrogen) atoms. The van der Waals surface area contributed by atoms with Gasteiger partial charge < -0.3 is 14.4 Å². The van der Waals surface area contributed by atoms with Gasteiger partial charge in [0.25, 0.3) is 5.91 Å². The number of amides is 1. The zero-order valence-electron chi connectivity index (χ0n) is 13.5. The van der Waals surface area contributed by atoms with Gasteiger partial charge in [0, 0.05) is 18.1 Å². The highest BCUT2D eigenvalue weighted by molar-refractivity contribution is 6.30. The fraction of sp³-hybridized carbons (Fsp3) is 0.316. The molecule has 0 aromatic heterocycles. The summed E-state index contributed by atoms with van der Waals surface area (Å²) in [5.74, 6) is 0.694. The van der Waals surface area contributed by atoms with Gasteiger partial charge >= 0.3 is 0 Å². The quantitative estimate of drug-likeness (QED) is 0.804. The van der Waals surface area contributed by atoms with Crippen molar-refractivity contribution in [3.63, 3.8) is 0 Å². The average molecular weight is 346 g/mol. The van der Waals surface area contributed by atoms with Crippen LogP contribution in [0.3, 0.4) is 0 Å². The Hall–Kier alpha value is -2.04. The second-order valence-electron chi connectivity index (χ2n) is 5.88. The molecule has 0 radical (unpaired) electrons. The van der Waals surface area contributed by atoms with E-state index in [1.807, 2.05) is 54.6 Å². The number of likely N-dealkylation sites (tertiary alicyclic amines) is 1. The predicted molar refractivity (Wildman–Crippen MR) is 93.1 cm³/mol. The lowest BCUT2D eigenvalue weighted by Gasteiger charge is -2.40. The normalized spacial score (nSPS) is 15.7. The summed E-state index contributed by atoms with van der Waals surface area (Å²) in [6.45, 7) is 3.51. The Labute approximate surface area is 146 Å². The highest BCUT2D eigenvalue weighted by Gasteiger charge is 2.34. The SMILES string of the molecule is CC(Oc1ccccc1)C(=O)N1CC(OCc2ccc(Cl)cc2)C1. The number of nitrogens with zero attached hydrogens (tertiary/aromatic N) is 1. The maximum atomic E-state index is 12.3. The third-order valence-electron chi connectivity index (χ3n) is 3.96. The van der Waals surface area contributed by atoms with Crippen molar-refractivity contribution in [1.29, 1.82) is 0 Å². The first-order chi connectivity index (χ1) is 11.6. The van der Waals surface area contributed by atoms with Crippen LogP contribution < -0.4 is 4.74 Å². The van der Waals surface area contributed by atoms with Crippen LogP contribution in [0.5, 0.6) is 5.75 Å². The number of carbonyl (C=O) groups excluding carboxylic acids is 1. The van der Waals surface area contributed by atoms with Gasteiger partial charge in [0.15, 0.2) is 6.10 Å². The average Bonchev–Trinajstić information content (AvgIpc) is 2.55. The van der Waals surface area contributed by atoms with Crippen LogP contribution in [-0.4, -0.2) is 36.1 Å². The Morgan fingerprint density at radius 2 is 1.83 bits per heavy atom. The first kappa shape index (κ1) is 16.8. The smallest absolute Gasteiger partial charge is 0.263 e. The molecule has 0 N–H and O–H groups in total. The molecule has 1 unspecified atom stereocenters. The van der Waals surface area contributed by atoms with Crippen LogP contribution in [0.25, 0.3) is 0 Å². The van der Waals surface area contributed by atoms with E-state index >= 15 is 0 Å². The van der Waals surface area contributed by atoms with E-state index in [4.69, 9.17) is 21.1 Å². The first-order valence-electron chi connectivity index (χ1n) is 7.98. The molecular formula is C19H20ClNO3. The maximum Gasteiger partial charge on any atom is 0.263 e. The molecule has 1 fully saturated rings. The predicted octanol–water partition coefficient (Wildman–Crippen LogP) is 3.53. The minimum atomic E-state index is -0.496. The summed E-state index contributed by atoms with van der Waals surface area (Å²) in [4.78, 5) is 14.1. The molecule has 1 atom stereocenters. The monoisotopic (exact) mass is 345 g/mol. The molecule has 126 valence electrons. The van der Waals surface area contributed by atoms with Crippen molar-refractivity contribution >= 4 is 17.5 Å². The third kappa shape index (κ3) is 4.28. The van der Waals surface area contributed by atoms with E-state index in [1.54, 1.807) is 11.8 Å². The van der Waals surface area contributed by atoms with Crippen molar-refractivity contribution in [1.82, 2.24) is 4.90 Å². The number of hydrogen-bond acceptors (Lipinski definition) is 3. The number of benzene rings is 2. The Kier molecular flexibility index (Phi) is 5.38. The molecule has 4 nitrogen and oxygen atoms in total. The molecule has 1 aliphatic rings. The summed E-state index contributed by atoms with van der Waals surface area (Å²) in [5.41, 5.74) is 1.07. The van der Waals surface area contributed by atoms with Gasteiger partial charge in [-0.1, -0.05) is 41.9 Å². The van der Waals surface area contributed by atoms with Crippen LogP contribution >= 0.6 is 11.6 Å². The third-order valence-corrected chi connectivity index (χ3v) is 4.21. The number of halogens is 1. The Morgan fingerprint density at radius 3 is 2.50 bits per heavy atom. The van der Waals surface area contributed by atoms with Crippen molar-refractivity contribution < 1.29 is 14.3 Å². The van der Waals surface area contributed by atoms with Crippen molar-refractivity contribution in [2.75, 3.05) is 13.1 Å². The van der Waals surface area contributed by atoms with E-state index in [-0.39, 0.29) is 12.0 Å².